The van der Waals surface area contributed by atoms with Crippen molar-refractivity contribution in [2.24, 2.45) is 0 Å². The summed E-state index contributed by atoms with van der Waals surface area (Å²) in [5.74, 6) is 0.123. The van der Waals surface area contributed by atoms with Gasteiger partial charge in [-0.15, -0.1) is 0 Å². The quantitative estimate of drug-likeness (QED) is 0.641. The standard InChI is InChI=1S/C12H21N5O2/c1-3-9(2)15-11(18)4-6-14-12(19)8-17-7-5-10(13)16-17/h5,7,9H,3-4,6,8H2,1-2H3,(H2,13,16)(H,14,19)(H,15,18). The van der Waals surface area contributed by atoms with Gasteiger partial charge >= 0.3 is 0 Å². The van der Waals surface area contributed by atoms with E-state index in [4.69, 9.17) is 5.73 Å². The van der Waals surface area contributed by atoms with E-state index in [0.717, 1.165) is 6.42 Å². The molecule has 1 heterocycles. The maximum atomic E-state index is 11.5. The lowest BCUT2D eigenvalue weighted by atomic mass is 10.2. The lowest BCUT2D eigenvalue weighted by Gasteiger charge is -2.11. The number of nitrogens with one attached hydrogen (secondary N) is 2. The van der Waals surface area contributed by atoms with Gasteiger partial charge in [-0.1, -0.05) is 6.92 Å². The Morgan fingerprint density at radius 1 is 1.47 bits per heavy atom. The first-order chi connectivity index (χ1) is 9.01. The smallest absolute Gasteiger partial charge is 0.241 e. The van der Waals surface area contributed by atoms with Crippen LogP contribution in [0.5, 0.6) is 0 Å². The molecule has 0 aliphatic heterocycles. The summed E-state index contributed by atoms with van der Waals surface area (Å²) >= 11 is 0. The maximum Gasteiger partial charge on any atom is 0.241 e. The van der Waals surface area contributed by atoms with Crippen LogP contribution in [0.3, 0.4) is 0 Å². The second kappa shape index (κ2) is 7.40. The van der Waals surface area contributed by atoms with Crippen molar-refractivity contribution < 1.29 is 9.59 Å². The molecule has 0 saturated heterocycles. The lowest BCUT2D eigenvalue weighted by molar-refractivity contribution is -0.123. The van der Waals surface area contributed by atoms with Crippen LogP contribution in [0.4, 0.5) is 5.82 Å². The summed E-state index contributed by atoms with van der Waals surface area (Å²) in [7, 11) is 0. The summed E-state index contributed by atoms with van der Waals surface area (Å²) in [4.78, 5) is 23.0. The molecule has 2 amide bonds. The predicted octanol–water partition coefficient (Wildman–Crippen LogP) is -0.114. The fourth-order valence-electron chi connectivity index (χ4n) is 1.43. The normalized spacial score (nSPS) is 11.9. The van der Waals surface area contributed by atoms with Crippen molar-refractivity contribution in [2.45, 2.75) is 39.3 Å². The molecule has 4 N–H and O–H groups in total. The topological polar surface area (TPSA) is 102 Å². The van der Waals surface area contributed by atoms with Gasteiger partial charge in [0.1, 0.15) is 12.4 Å². The van der Waals surface area contributed by atoms with Crippen molar-refractivity contribution in [2.75, 3.05) is 12.3 Å². The van der Waals surface area contributed by atoms with Gasteiger partial charge in [0.15, 0.2) is 0 Å². The third-order valence-corrected chi connectivity index (χ3v) is 2.66. The van der Waals surface area contributed by atoms with Crippen molar-refractivity contribution in [1.29, 1.82) is 0 Å². The third kappa shape index (κ3) is 5.89. The molecule has 7 heteroatoms. The highest BCUT2D eigenvalue weighted by Gasteiger charge is 2.07. The molecule has 1 unspecified atom stereocenters. The lowest BCUT2D eigenvalue weighted by Crippen LogP contribution is -2.36. The summed E-state index contributed by atoms with van der Waals surface area (Å²) in [6.45, 7) is 4.36. The number of aromatic nitrogens is 2. The van der Waals surface area contributed by atoms with Crippen LogP contribution in [0.25, 0.3) is 0 Å². The molecular weight excluding hydrogens is 246 g/mol. The minimum Gasteiger partial charge on any atom is -0.382 e. The fraction of sp³-hybridized carbons (Fsp3) is 0.583. The van der Waals surface area contributed by atoms with Gasteiger partial charge in [0, 0.05) is 25.2 Å². The summed E-state index contributed by atoms with van der Waals surface area (Å²) in [5.41, 5.74) is 5.44. The van der Waals surface area contributed by atoms with Crippen LogP contribution in [0.15, 0.2) is 12.3 Å². The Kier molecular flexibility index (Phi) is 5.84. The zero-order valence-electron chi connectivity index (χ0n) is 11.3. The monoisotopic (exact) mass is 267 g/mol. The molecule has 0 radical (unpaired) electrons. The van der Waals surface area contributed by atoms with E-state index < -0.39 is 0 Å². The molecule has 0 aliphatic rings. The van der Waals surface area contributed by atoms with Crippen LogP contribution in [-0.4, -0.2) is 34.2 Å². The Bertz CT molecular complexity index is 430. The number of nitrogen functional groups attached to an aromatic ring is 1. The Morgan fingerprint density at radius 3 is 2.79 bits per heavy atom. The van der Waals surface area contributed by atoms with Crippen LogP contribution in [0, 0.1) is 0 Å². The number of carbonyl (C=O) groups excluding carboxylic acids is 2. The van der Waals surface area contributed by atoms with Crippen LogP contribution in [0.2, 0.25) is 0 Å². The number of nitrogens with two attached hydrogens (primary N) is 1. The minimum absolute atomic E-state index is 0.0574. The van der Waals surface area contributed by atoms with E-state index in [9.17, 15) is 9.59 Å². The Labute approximate surface area is 112 Å². The summed E-state index contributed by atoms with van der Waals surface area (Å²) < 4.78 is 1.45. The number of nitrogens with zero attached hydrogens (tertiary/aromatic N) is 2. The average molecular weight is 267 g/mol. The third-order valence-electron chi connectivity index (χ3n) is 2.66. The van der Waals surface area contributed by atoms with E-state index in [2.05, 4.69) is 15.7 Å². The summed E-state index contributed by atoms with van der Waals surface area (Å²) in [5, 5.41) is 9.39. The first-order valence-electron chi connectivity index (χ1n) is 6.36. The Hall–Kier alpha value is -2.05. The molecule has 1 aromatic heterocycles. The number of hydrogen-bond donors (Lipinski definition) is 3. The van der Waals surface area contributed by atoms with E-state index in [1.54, 1.807) is 12.3 Å². The van der Waals surface area contributed by atoms with Crippen LogP contribution >= 0.6 is 0 Å². The van der Waals surface area contributed by atoms with Gasteiger partial charge in [0.05, 0.1) is 0 Å². The second-order valence-electron chi connectivity index (χ2n) is 4.41. The first kappa shape index (κ1) is 15.0. The zero-order chi connectivity index (χ0) is 14.3. The van der Waals surface area contributed by atoms with Gasteiger partial charge < -0.3 is 16.4 Å². The number of carbonyl (C=O) groups is 2. The Balaban J connectivity index is 2.18. The number of hydrogen-bond acceptors (Lipinski definition) is 4. The highest BCUT2D eigenvalue weighted by atomic mass is 16.2. The molecule has 0 bridgehead atoms. The van der Waals surface area contributed by atoms with Crippen LogP contribution in [0.1, 0.15) is 26.7 Å². The highest BCUT2D eigenvalue weighted by Crippen LogP contribution is 1.95. The van der Waals surface area contributed by atoms with Crippen LogP contribution in [-0.2, 0) is 16.1 Å². The van der Waals surface area contributed by atoms with E-state index in [0.29, 0.717) is 12.4 Å². The maximum absolute atomic E-state index is 11.5. The molecule has 1 atom stereocenters. The van der Waals surface area contributed by atoms with E-state index >= 15 is 0 Å². The summed E-state index contributed by atoms with van der Waals surface area (Å²) in [6, 6.07) is 1.78. The van der Waals surface area contributed by atoms with Crippen molar-refractivity contribution in [3.8, 4) is 0 Å². The molecule has 0 aromatic carbocycles. The number of amides is 2. The molecule has 19 heavy (non-hydrogen) atoms. The first-order valence-corrected chi connectivity index (χ1v) is 6.36. The SMILES string of the molecule is CCC(C)NC(=O)CCNC(=O)Cn1ccc(N)n1. The minimum atomic E-state index is -0.195. The molecule has 0 spiro atoms. The highest BCUT2D eigenvalue weighted by molar-refractivity contribution is 5.79. The van der Waals surface area contributed by atoms with Crippen molar-refractivity contribution in [3.05, 3.63) is 12.3 Å². The van der Waals surface area contributed by atoms with Gasteiger partial charge in [-0.25, -0.2) is 0 Å². The van der Waals surface area contributed by atoms with Gasteiger partial charge in [0.2, 0.25) is 11.8 Å². The van der Waals surface area contributed by atoms with Gasteiger partial charge in [0.25, 0.3) is 0 Å². The Morgan fingerprint density at radius 2 is 2.21 bits per heavy atom. The second-order valence-corrected chi connectivity index (χ2v) is 4.41. The molecule has 7 nitrogen and oxygen atoms in total. The van der Waals surface area contributed by atoms with E-state index in [1.807, 2.05) is 13.8 Å². The molecule has 0 fully saturated rings. The zero-order valence-corrected chi connectivity index (χ0v) is 11.3. The molecule has 0 saturated carbocycles. The van der Waals surface area contributed by atoms with Crippen LogP contribution < -0.4 is 16.4 Å². The molecular formula is C12H21N5O2. The number of rotatable bonds is 7. The van der Waals surface area contributed by atoms with E-state index in [-0.39, 0.29) is 30.8 Å². The largest absolute Gasteiger partial charge is 0.382 e. The molecule has 106 valence electrons. The summed E-state index contributed by atoms with van der Waals surface area (Å²) in [6.07, 6.45) is 2.79. The van der Waals surface area contributed by atoms with Crippen molar-refractivity contribution in [1.82, 2.24) is 20.4 Å². The van der Waals surface area contributed by atoms with E-state index in [1.165, 1.54) is 4.68 Å². The van der Waals surface area contributed by atoms with Crippen molar-refractivity contribution in [3.63, 3.8) is 0 Å². The number of anilines is 1. The molecule has 1 rings (SSSR count). The van der Waals surface area contributed by atoms with Crippen molar-refractivity contribution >= 4 is 17.6 Å². The fourth-order valence-corrected chi connectivity index (χ4v) is 1.43. The average Bonchev–Trinajstić information content (AvgIpc) is 2.74. The molecule has 1 aromatic rings. The molecule has 0 aliphatic carbocycles. The van der Waals surface area contributed by atoms with Gasteiger partial charge in [-0.05, 0) is 19.4 Å². The van der Waals surface area contributed by atoms with Gasteiger partial charge in [-0.3, -0.25) is 14.3 Å². The predicted molar refractivity (Wildman–Crippen MR) is 72.2 cm³/mol. The van der Waals surface area contributed by atoms with Gasteiger partial charge in [-0.2, -0.15) is 5.10 Å².